The van der Waals surface area contributed by atoms with E-state index in [1.54, 1.807) is 6.07 Å². The number of carbonyl (C=O) groups excluding carboxylic acids is 1. The fourth-order valence-corrected chi connectivity index (χ4v) is 3.37. The van der Waals surface area contributed by atoms with Crippen molar-refractivity contribution < 1.29 is 9.53 Å². The normalized spacial score (nSPS) is 10.6. The van der Waals surface area contributed by atoms with Gasteiger partial charge in [0.1, 0.15) is 5.75 Å². The molecule has 1 amide bonds. The Morgan fingerprint density at radius 3 is 2.75 bits per heavy atom. The minimum Gasteiger partial charge on any atom is -0.494 e. The van der Waals surface area contributed by atoms with Gasteiger partial charge in [0.2, 0.25) is 11.1 Å². The van der Waals surface area contributed by atoms with Gasteiger partial charge in [0.15, 0.2) is 5.82 Å². The zero-order chi connectivity index (χ0) is 19.9. The Hall–Kier alpha value is -2.71. The molecule has 0 aliphatic heterocycles. The standard InChI is InChI=1S/C19H20ClN5O2S/c1-2-27-16-8-6-14(7-9-16)18-23-24-19(25(18)21)28-12-17(26)22-11-13-4-3-5-15(20)10-13/h3-10H,2,11-12,21H2,1H3,(H,22,26). The number of hydrogen-bond donors (Lipinski definition) is 2. The molecule has 0 unspecified atom stereocenters. The molecule has 0 bridgehead atoms. The molecule has 0 radical (unpaired) electrons. The highest BCUT2D eigenvalue weighted by Crippen LogP contribution is 2.23. The third kappa shape index (κ3) is 5.17. The highest BCUT2D eigenvalue weighted by atomic mass is 35.5. The fraction of sp³-hybridized carbons (Fsp3) is 0.211. The van der Waals surface area contributed by atoms with Gasteiger partial charge in [-0.05, 0) is 48.9 Å². The van der Waals surface area contributed by atoms with Crippen LogP contribution in [0, 0.1) is 0 Å². The first-order valence-electron chi connectivity index (χ1n) is 8.64. The predicted octanol–water partition coefficient (Wildman–Crippen LogP) is 3.12. The van der Waals surface area contributed by atoms with Crippen LogP contribution in [0.25, 0.3) is 11.4 Å². The van der Waals surface area contributed by atoms with Gasteiger partial charge in [-0.25, -0.2) is 4.68 Å². The number of nitrogens with one attached hydrogen (secondary N) is 1. The van der Waals surface area contributed by atoms with E-state index in [-0.39, 0.29) is 11.7 Å². The molecule has 0 fully saturated rings. The van der Waals surface area contributed by atoms with E-state index in [9.17, 15) is 4.79 Å². The summed E-state index contributed by atoms with van der Waals surface area (Å²) in [7, 11) is 0. The van der Waals surface area contributed by atoms with Crippen LogP contribution in [0.3, 0.4) is 0 Å². The van der Waals surface area contributed by atoms with Crippen LogP contribution in [-0.4, -0.2) is 33.1 Å². The monoisotopic (exact) mass is 417 g/mol. The number of rotatable bonds is 8. The Kier molecular flexibility index (Phi) is 6.78. The van der Waals surface area contributed by atoms with Crippen molar-refractivity contribution in [1.82, 2.24) is 20.2 Å². The number of carbonyl (C=O) groups is 1. The number of halogens is 1. The first-order valence-corrected chi connectivity index (χ1v) is 10.0. The summed E-state index contributed by atoms with van der Waals surface area (Å²) in [4.78, 5) is 12.1. The summed E-state index contributed by atoms with van der Waals surface area (Å²) < 4.78 is 6.81. The molecule has 0 saturated carbocycles. The number of aromatic nitrogens is 3. The molecule has 1 aromatic heterocycles. The summed E-state index contributed by atoms with van der Waals surface area (Å²) in [5.41, 5.74) is 1.75. The summed E-state index contributed by atoms with van der Waals surface area (Å²) in [5.74, 6) is 7.44. The maximum Gasteiger partial charge on any atom is 0.230 e. The van der Waals surface area contributed by atoms with Gasteiger partial charge in [-0.2, -0.15) is 0 Å². The quantitative estimate of drug-likeness (QED) is 0.432. The molecule has 3 rings (SSSR count). The van der Waals surface area contributed by atoms with Gasteiger partial charge in [-0.3, -0.25) is 4.79 Å². The Morgan fingerprint density at radius 1 is 1.25 bits per heavy atom. The molecule has 0 aliphatic rings. The summed E-state index contributed by atoms with van der Waals surface area (Å²) >= 11 is 7.16. The first kappa shape index (κ1) is 20.0. The SMILES string of the molecule is CCOc1ccc(-c2nnc(SCC(=O)NCc3cccc(Cl)c3)n2N)cc1. The van der Waals surface area contributed by atoms with Crippen LogP contribution < -0.4 is 15.9 Å². The second kappa shape index (κ2) is 9.48. The maximum atomic E-state index is 12.1. The van der Waals surface area contributed by atoms with Gasteiger partial charge in [-0.1, -0.05) is 35.5 Å². The molecule has 0 aliphatic carbocycles. The lowest BCUT2D eigenvalue weighted by atomic mass is 10.2. The smallest absolute Gasteiger partial charge is 0.230 e. The van der Waals surface area contributed by atoms with E-state index in [4.69, 9.17) is 22.2 Å². The largest absolute Gasteiger partial charge is 0.494 e. The van der Waals surface area contributed by atoms with Crippen molar-refractivity contribution >= 4 is 29.3 Å². The Balaban J connectivity index is 1.55. The van der Waals surface area contributed by atoms with Crippen molar-refractivity contribution in [3.05, 3.63) is 59.1 Å². The van der Waals surface area contributed by atoms with E-state index in [2.05, 4.69) is 15.5 Å². The Labute approximate surface area is 172 Å². The fourth-order valence-electron chi connectivity index (χ4n) is 2.47. The lowest BCUT2D eigenvalue weighted by molar-refractivity contribution is -0.118. The highest BCUT2D eigenvalue weighted by Gasteiger charge is 2.14. The third-order valence-electron chi connectivity index (χ3n) is 3.80. The number of ether oxygens (including phenoxy) is 1. The molecule has 2 aromatic carbocycles. The van der Waals surface area contributed by atoms with E-state index < -0.39 is 0 Å². The highest BCUT2D eigenvalue weighted by molar-refractivity contribution is 7.99. The third-order valence-corrected chi connectivity index (χ3v) is 4.98. The number of benzene rings is 2. The Morgan fingerprint density at radius 2 is 2.04 bits per heavy atom. The van der Waals surface area contributed by atoms with E-state index in [1.165, 1.54) is 16.4 Å². The van der Waals surface area contributed by atoms with Crippen molar-refractivity contribution in [2.75, 3.05) is 18.2 Å². The number of thioether (sulfide) groups is 1. The van der Waals surface area contributed by atoms with Crippen molar-refractivity contribution in [2.45, 2.75) is 18.6 Å². The van der Waals surface area contributed by atoms with Crippen LogP contribution in [-0.2, 0) is 11.3 Å². The number of hydrogen-bond acceptors (Lipinski definition) is 6. The van der Waals surface area contributed by atoms with Gasteiger partial charge >= 0.3 is 0 Å². The average Bonchev–Trinajstić information content (AvgIpc) is 3.06. The minimum absolute atomic E-state index is 0.129. The van der Waals surface area contributed by atoms with Crippen molar-refractivity contribution in [3.63, 3.8) is 0 Å². The van der Waals surface area contributed by atoms with Crippen LogP contribution in [0.4, 0.5) is 0 Å². The second-order valence-electron chi connectivity index (χ2n) is 5.83. The number of amides is 1. The maximum absolute atomic E-state index is 12.1. The molecule has 146 valence electrons. The van der Waals surface area contributed by atoms with Gasteiger partial charge in [0.25, 0.3) is 0 Å². The molecular formula is C19H20ClN5O2S. The number of nitrogens with zero attached hydrogens (tertiary/aromatic N) is 3. The Bertz CT molecular complexity index is 946. The van der Waals surface area contributed by atoms with Gasteiger partial charge in [0.05, 0.1) is 12.4 Å². The molecule has 1 heterocycles. The van der Waals surface area contributed by atoms with E-state index in [0.717, 1.165) is 16.9 Å². The number of nitrogens with two attached hydrogens (primary N) is 1. The molecule has 0 spiro atoms. The van der Waals surface area contributed by atoms with Gasteiger partial charge in [0, 0.05) is 17.1 Å². The summed E-state index contributed by atoms with van der Waals surface area (Å²) in [6.45, 7) is 2.94. The van der Waals surface area contributed by atoms with E-state index >= 15 is 0 Å². The number of nitrogen functional groups attached to an aromatic ring is 1. The van der Waals surface area contributed by atoms with E-state index in [1.807, 2.05) is 49.4 Å². The van der Waals surface area contributed by atoms with Crippen LogP contribution in [0.2, 0.25) is 5.02 Å². The molecule has 7 nitrogen and oxygen atoms in total. The molecule has 3 aromatic rings. The molecule has 9 heteroatoms. The zero-order valence-corrected chi connectivity index (χ0v) is 16.8. The lowest BCUT2D eigenvalue weighted by Crippen LogP contribution is -2.25. The van der Waals surface area contributed by atoms with Gasteiger partial charge in [-0.15, -0.1) is 10.2 Å². The van der Waals surface area contributed by atoms with Crippen molar-refractivity contribution in [2.24, 2.45) is 0 Å². The molecule has 3 N–H and O–H groups in total. The summed E-state index contributed by atoms with van der Waals surface area (Å²) in [6.07, 6.45) is 0. The van der Waals surface area contributed by atoms with Crippen molar-refractivity contribution in [3.8, 4) is 17.1 Å². The minimum atomic E-state index is -0.129. The van der Waals surface area contributed by atoms with Crippen molar-refractivity contribution in [1.29, 1.82) is 0 Å². The molecule has 0 atom stereocenters. The lowest BCUT2D eigenvalue weighted by Gasteiger charge is -2.07. The second-order valence-corrected chi connectivity index (χ2v) is 7.21. The molecule has 0 saturated heterocycles. The van der Waals surface area contributed by atoms with Crippen LogP contribution in [0.5, 0.6) is 5.75 Å². The van der Waals surface area contributed by atoms with E-state index in [0.29, 0.717) is 29.2 Å². The van der Waals surface area contributed by atoms with Gasteiger partial charge < -0.3 is 15.9 Å². The predicted molar refractivity (Wildman–Crippen MR) is 111 cm³/mol. The van der Waals surface area contributed by atoms with Crippen LogP contribution >= 0.6 is 23.4 Å². The molecule has 28 heavy (non-hydrogen) atoms. The zero-order valence-electron chi connectivity index (χ0n) is 15.3. The first-order chi connectivity index (χ1) is 13.6. The topological polar surface area (TPSA) is 95.1 Å². The molecular weight excluding hydrogens is 398 g/mol. The van der Waals surface area contributed by atoms with Crippen LogP contribution in [0.1, 0.15) is 12.5 Å². The summed E-state index contributed by atoms with van der Waals surface area (Å²) in [5, 5.41) is 12.1. The summed E-state index contributed by atoms with van der Waals surface area (Å²) in [6, 6.07) is 14.8. The van der Waals surface area contributed by atoms with Crippen LogP contribution in [0.15, 0.2) is 53.7 Å². The average molecular weight is 418 g/mol.